The van der Waals surface area contributed by atoms with Gasteiger partial charge < -0.3 is 10.4 Å². The molecule has 2 N–H and O–H groups in total. The number of unbranched alkanes of at least 4 members (excludes halogenated alkanes) is 13. The molecule has 164 valence electrons. The van der Waals surface area contributed by atoms with E-state index >= 15 is 0 Å². The van der Waals surface area contributed by atoms with E-state index < -0.39 is 11.9 Å². The summed E-state index contributed by atoms with van der Waals surface area (Å²) in [7, 11) is 0. The molecule has 0 heterocycles. The molecular weight excluding hydrogens is 350 g/mol. The topological polar surface area (TPSA) is 66.4 Å². The fourth-order valence-electron chi connectivity index (χ4n) is 4.40. The molecule has 0 bridgehead atoms. The van der Waals surface area contributed by atoms with E-state index in [1.54, 1.807) is 0 Å². The predicted octanol–water partition coefficient (Wildman–Crippen LogP) is 6.47. The normalized spacial score (nSPS) is 19.5. The van der Waals surface area contributed by atoms with Gasteiger partial charge in [0.15, 0.2) is 0 Å². The standard InChI is InChI=1S/C24H45NO3/c1-2-3-4-5-6-7-8-9-10-11-12-13-14-17-20-25-23(26)21-18-15-16-19-22(21)24(27)28/h21-22H,2-20H2,1H3,(H,25,26)(H,27,28)/t21-,22+/m1/s1. The average Bonchev–Trinajstić information content (AvgIpc) is 2.70. The van der Waals surface area contributed by atoms with Gasteiger partial charge in [-0.1, -0.05) is 103 Å². The Hall–Kier alpha value is -1.06. The van der Waals surface area contributed by atoms with Crippen molar-refractivity contribution in [2.75, 3.05) is 6.54 Å². The lowest BCUT2D eigenvalue weighted by Crippen LogP contribution is -2.40. The number of carboxylic acids is 1. The first-order valence-electron chi connectivity index (χ1n) is 12.2. The molecule has 1 amide bonds. The predicted molar refractivity (Wildman–Crippen MR) is 116 cm³/mol. The Morgan fingerprint density at radius 2 is 1.14 bits per heavy atom. The minimum absolute atomic E-state index is 0.0400. The Morgan fingerprint density at radius 3 is 1.61 bits per heavy atom. The summed E-state index contributed by atoms with van der Waals surface area (Å²) < 4.78 is 0. The zero-order valence-electron chi connectivity index (χ0n) is 18.4. The summed E-state index contributed by atoms with van der Waals surface area (Å²) in [5.41, 5.74) is 0. The SMILES string of the molecule is CCCCCCCCCCCCCCCCNC(=O)[C@@H]1CCCC[C@@H]1C(=O)O. The van der Waals surface area contributed by atoms with Crippen molar-refractivity contribution in [3.63, 3.8) is 0 Å². The minimum Gasteiger partial charge on any atom is -0.481 e. The van der Waals surface area contributed by atoms with E-state index in [1.165, 1.54) is 77.0 Å². The molecule has 1 aliphatic rings. The maximum Gasteiger partial charge on any atom is 0.307 e. The summed E-state index contributed by atoms with van der Waals surface area (Å²) in [6.45, 7) is 2.96. The van der Waals surface area contributed by atoms with Crippen LogP contribution in [0.4, 0.5) is 0 Å². The van der Waals surface area contributed by atoms with Crippen molar-refractivity contribution < 1.29 is 14.7 Å². The lowest BCUT2D eigenvalue weighted by atomic mass is 9.78. The van der Waals surface area contributed by atoms with Crippen molar-refractivity contribution >= 4 is 11.9 Å². The van der Waals surface area contributed by atoms with E-state index in [0.717, 1.165) is 32.1 Å². The number of carboxylic acid groups (broad SMARTS) is 1. The number of amides is 1. The smallest absolute Gasteiger partial charge is 0.307 e. The number of hydrogen-bond acceptors (Lipinski definition) is 2. The van der Waals surface area contributed by atoms with Crippen LogP contribution >= 0.6 is 0 Å². The molecule has 1 saturated carbocycles. The molecule has 0 unspecified atom stereocenters. The van der Waals surface area contributed by atoms with Crippen LogP contribution in [0.1, 0.15) is 122 Å². The van der Waals surface area contributed by atoms with Crippen LogP contribution in [-0.2, 0) is 9.59 Å². The summed E-state index contributed by atoms with van der Waals surface area (Å²) in [4.78, 5) is 23.6. The second-order valence-corrected chi connectivity index (χ2v) is 8.72. The molecule has 0 saturated heterocycles. The first-order chi connectivity index (χ1) is 13.7. The highest BCUT2D eigenvalue weighted by Gasteiger charge is 2.35. The number of hydrogen-bond donors (Lipinski definition) is 2. The molecule has 1 fully saturated rings. The van der Waals surface area contributed by atoms with Crippen molar-refractivity contribution in [1.82, 2.24) is 5.32 Å². The van der Waals surface area contributed by atoms with E-state index in [1.807, 2.05) is 0 Å². The van der Waals surface area contributed by atoms with Gasteiger partial charge in [0.2, 0.25) is 5.91 Å². The Kier molecular flexibility index (Phi) is 15.0. The average molecular weight is 396 g/mol. The lowest BCUT2D eigenvalue weighted by Gasteiger charge is -2.27. The molecule has 2 atom stereocenters. The Morgan fingerprint density at radius 1 is 0.714 bits per heavy atom. The van der Waals surface area contributed by atoms with Gasteiger partial charge in [0.05, 0.1) is 11.8 Å². The number of nitrogens with one attached hydrogen (secondary N) is 1. The molecule has 1 rings (SSSR count). The second kappa shape index (κ2) is 16.9. The maximum atomic E-state index is 12.3. The molecule has 1 aliphatic carbocycles. The number of carbonyl (C=O) groups is 2. The summed E-state index contributed by atoms with van der Waals surface area (Å²) in [5.74, 6) is -1.65. The highest BCUT2D eigenvalue weighted by molar-refractivity contribution is 5.84. The van der Waals surface area contributed by atoms with E-state index in [4.69, 9.17) is 0 Å². The molecule has 0 aromatic heterocycles. The van der Waals surface area contributed by atoms with Gasteiger partial charge in [-0.3, -0.25) is 9.59 Å². The Bertz CT molecular complexity index is 411. The molecule has 0 spiro atoms. The summed E-state index contributed by atoms with van der Waals surface area (Å²) in [6, 6.07) is 0. The fourth-order valence-corrected chi connectivity index (χ4v) is 4.40. The van der Waals surface area contributed by atoms with Crippen molar-refractivity contribution in [2.24, 2.45) is 11.8 Å². The number of carbonyl (C=O) groups excluding carboxylic acids is 1. The van der Waals surface area contributed by atoms with Crippen LogP contribution in [0.5, 0.6) is 0 Å². The van der Waals surface area contributed by atoms with E-state index in [2.05, 4.69) is 12.2 Å². The van der Waals surface area contributed by atoms with E-state index in [9.17, 15) is 14.7 Å². The molecule has 4 nitrogen and oxygen atoms in total. The molecule has 0 aromatic carbocycles. The van der Waals surface area contributed by atoms with E-state index in [0.29, 0.717) is 13.0 Å². The minimum atomic E-state index is -0.809. The highest BCUT2D eigenvalue weighted by Crippen LogP contribution is 2.30. The van der Waals surface area contributed by atoms with Gasteiger partial charge in [-0.15, -0.1) is 0 Å². The van der Waals surface area contributed by atoms with Crippen molar-refractivity contribution in [3.8, 4) is 0 Å². The molecule has 0 radical (unpaired) electrons. The molecule has 4 heteroatoms. The van der Waals surface area contributed by atoms with Gasteiger partial charge in [-0.25, -0.2) is 0 Å². The molecular formula is C24H45NO3. The number of rotatable bonds is 17. The Labute approximate surface area is 173 Å². The van der Waals surface area contributed by atoms with Gasteiger partial charge in [-0.05, 0) is 19.3 Å². The second-order valence-electron chi connectivity index (χ2n) is 8.72. The largest absolute Gasteiger partial charge is 0.481 e. The zero-order chi connectivity index (χ0) is 20.5. The highest BCUT2D eigenvalue weighted by atomic mass is 16.4. The van der Waals surface area contributed by atoms with Crippen LogP contribution in [-0.4, -0.2) is 23.5 Å². The van der Waals surface area contributed by atoms with Crippen molar-refractivity contribution in [1.29, 1.82) is 0 Å². The first kappa shape index (κ1) is 25.0. The van der Waals surface area contributed by atoms with Crippen molar-refractivity contribution in [3.05, 3.63) is 0 Å². The molecule has 0 aliphatic heterocycles. The number of aliphatic carboxylic acids is 1. The summed E-state index contributed by atoms with van der Waals surface area (Å²) >= 11 is 0. The third kappa shape index (κ3) is 11.7. The quantitative estimate of drug-likeness (QED) is 0.277. The van der Waals surface area contributed by atoms with Crippen molar-refractivity contribution in [2.45, 2.75) is 122 Å². The first-order valence-corrected chi connectivity index (χ1v) is 12.2. The zero-order valence-corrected chi connectivity index (χ0v) is 18.4. The van der Waals surface area contributed by atoms with Gasteiger partial charge >= 0.3 is 5.97 Å². The Balaban J connectivity index is 1.88. The van der Waals surface area contributed by atoms with Gasteiger partial charge in [0.25, 0.3) is 0 Å². The monoisotopic (exact) mass is 395 g/mol. The van der Waals surface area contributed by atoms with Gasteiger partial charge in [-0.2, -0.15) is 0 Å². The van der Waals surface area contributed by atoms with E-state index in [-0.39, 0.29) is 11.8 Å². The third-order valence-electron chi connectivity index (χ3n) is 6.25. The van der Waals surface area contributed by atoms with Crippen LogP contribution in [0.3, 0.4) is 0 Å². The van der Waals surface area contributed by atoms with Crippen LogP contribution in [0, 0.1) is 11.8 Å². The summed E-state index contributed by atoms with van der Waals surface area (Å²) in [6.07, 6.45) is 21.9. The van der Waals surface area contributed by atoms with Crippen LogP contribution in [0.2, 0.25) is 0 Å². The molecule has 28 heavy (non-hydrogen) atoms. The van der Waals surface area contributed by atoms with Crippen LogP contribution in [0.15, 0.2) is 0 Å². The van der Waals surface area contributed by atoms with Crippen LogP contribution in [0.25, 0.3) is 0 Å². The third-order valence-corrected chi connectivity index (χ3v) is 6.25. The van der Waals surface area contributed by atoms with Gasteiger partial charge in [0.1, 0.15) is 0 Å². The maximum absolute atomic E-state index is 12.3. The van der Waals surface area contributed by atoms with Gasteiger partial charge in [0, 0.05) is 6.54 Å². The summed E-state index contributed by atoms with van der Waals surface area (Å²) in [5, 5.41) is 12.3. The fraction of sp³-hybridized carbons (Fsp3) is 0.917. The molecule has 0 aromatic rings. The van der Waals surface area contributed by atoms with Crippen LogP contribution < -0.4 is 5.32 Å². The lowest BCUT2D eigenvalue weighted by molar-refractivity contribution is -0.148.